The van der Waals surface area contributed by atoms with Crippen molar-refractivity contribution < 1.29 is 0 Å². The van der Waals surface area contributed by atoms with E-state index in [0.717, 1.165) is 45.2 Å². The lowest BCUT2D eigenvalue weighted by Gasteiger charge is -2.45. The van der Waals surface area contributed by atoms with Crippen molar-refractivity contribution in [1.29, 1.82) is 0 Å². The van der Waals surface area contributed by atoms with Crippen molar-refractivity contribution in [3.63, 3.8) is 0 Å². The van der Waals surface area contributed by atoms with E-state index in [2.05, 4.69) is 390 Å². The molecule has 3 heterocycles. The molecule has 0 bridgehead atoms. The lowest BCUT2D eigenvalue weighted by molar-refractivity contribution is 0.793. The average Bonchev–Trinajstić information content (AvgIpc) is 1.55. The topological polar surface area (TPSA) is 11.4 Å². The lowest BCUT2D eigenvalue weighted by atomic mass is 9.33. The molecule has 3 spiro atoms. The van der Waals surface area contributed by atoms with Crippen molar-refractivity contribution in [2.75, 3.05) is 9.80 Å². The molecule has 0 fully saturated rings. The van der Waals surface area contributed by atoms with Crippen molar-refractivity contribution in [2.45, 2.75) is 16.2 Å². The molecule has 0 saturated carbocycles. The first-order chi connectivity index (χ1) is 54.1. The van der Waals surface area contributed by atoms with Crippen molar-refractivity contribution in [1.82, 2.24) is 4.57 Å². The summed E-state index contributed by atoms with van der Waals surface area (Å²) in [6, 6.07) is 146. The molecule has 0 unspecified atom stereocenters. The van der Waals surface area contributed by atoms with Crippen LogP contribution in [-0.2, 0) is 16.2 Å². The van der Waals surface area contributed by atoms with Crippen LogP contribution in [-0.4, -0.2) is 11.3 Å². The van der Waals surface area contributed by atoms with Gasteiger partial charge in [0, 0.05) is 44.8 Å². The number of hydrogen-bond acceptors (Lipinski definition) is 2. The summed E-state index contributed by atoms with van der Waals surface area (Å²) < 4.78 is 2.57. The molecule has 0 N–H and O–H groups in total. The number of aromatic nitrogens is 1. The van der Waals surface area contributed by atoms with Crippen LogP contribution in [0.3, 0.4) is 0 Å². The Labute approximate surface area is 631 Å². The Bertz CT molecular complexity index is 6980. The summed E-state index contributed by atoms with van der Waals surface area (Å²) >= 11 is 0. The second kappa shape index (κ2) is 20.8. The molecule has 0 atom stereocenters. The summed E-state index contributed by atoms with van der Waals surface area (Å²) in [6.45, 7) is -0.260. The van der Waals surface area contributed by atoms with E-state index in [0.29, 0.717) is 0 Å². The standard InChI is InChI=1S/C105H62BN3/c1-2-27-63(28-3-1)64-53-56-96-92(57-64)106-93-61-79-74-36-11-22-47-87(74)105(84-44-19-8-33-71(84)72-34-9-20-45-85(72)105)91(79)62-98(93)109(97-52-26-49-90-101(97)77-39-12-23-48-88(77)104(90)82-42-17-6-31-69(82)70-32-7-18-43-83(70)104)100-60-66(108-94-50-24-13-37-75(94)76-38-14-25-51-95(76)108)59-99(102(100)106)107(96)65-54-55-89-78(58-65)73-35-10-21-46-86(73)103(89)80-40-15-4-29-67(80)68-30-5-16-41-81(68)103/h1-62H. The predicted octanol–water partition coefficient (Wildman–Crippen LogP) is 23.6. The second-order valence-electron chi connectivity index (χ2n) is 31.1. The normalized spacial score (nSPS) is 15.0. The number of fused-ring (bicyclic) bond motifs is 37. The summed E-state index contributed by atoms with van der Waals surface area (Å²) in [6.07, 6.45) is 0. The molecular weight excluding hydrogens is 1310 g/mol. The third-order valence-electron chi connectivity index (χ3n) is 26.6. The van der Waals surface area contributed by atoms with E-state index < -0.39 is 16.2 Å². The van der Waals surface area contributed by atoms with E-state index in [-0.39, 0.29) is 6.71 Å². The number of rotatable bonds is 4. The number of nitrogens with zero attached hydrogens (tertiary/aromatic N) is 3. The molecule has 26 rings (SSSR count). The van der Waals surface area contributed by atoms with Crippen LogP contribution in [0.4, 0.5) is 34.1 Å². The first kappa shape index (κ1) is 58.5. The number of hydrogen-bond donors (Lipinski definition) is 0. The number of benzene rings is 17. The van der Waals surface area contributed by atoms with Crippen LogP contribution in [0.15, 0.2) is 376 Å². The fourth-order valence-electron chi connectivity index (χ4n) is 22.8. The van der Waals surface area contributed by atoms with Crippen LogP contribution in [0, 0.1) is 0 Å². The van der Waals surface area contributed by atoms with Gasteiger partial charge in [0.1, 0.15) is 0 Å². The van der Waals surface area contributed by atoms with Gasteiger partial charge in [0.2, 0.25) is 0 Å². The molecule has 3 nitrogen and oxygen atoms in total. The zero-order valence-corrected chi connectivity index (χ0v) is 59.2. The summed E-state index contributed by atoms with van der Waals surface area (Å²) in [4.78, 5) is 5.47. The van der Waals surface area contributed by atoms with E-state index >= 15 is 0 Å². The third kappa shape index (κ3) is 6.96. The van der Waals surface area contributed by atoms with E-state index in [1.165, 1.54) is 177 Å². The second-order valence-corrected chi connectivity index (χ2v) is 31.1. The molecule has 17 aromatic carbocycles. The molecule has 0 saturated heterocycles. The van der Waals surface area contributed by atoms with Gasteiger partial charge in [-0.05, 0) is 210 Å². The maximum absolute atomic E-state index is 2.79. The molecule has 18 aromatic rings. The van der Waals surface area contributed by atoms with Gasteiger partial charge in [0.25, 0.3) is 6.71 Å². The first-order valence-electron chi connectivity index (χ1n) is 38.4. The minimum Gasteiger partial charge on any atom is -0.311 e. The Morgan fingerprint density at radius 2 is 0.587 bits per heavy atom. The Balaban J connectivity index is 0.827. The zero-order chi connectivity index (χ0) is 70.7. The highest BCUT2D eigenvalue weighted by atomic mass is 15.2. The SMILES string of the molecule is c1ccc(-c2ccc3c(c2)B2c4cc5c(cc4N(c4cccc6c4-c4ccccc4C64c6ccccc6-c6ccccc64)c4cc(-n6c7ccccc7c7ccccc76)cc(c42)N3c2ccc3c(c2)-c2ccccc2C32c3ccccc3-c3ccccc32)C2(c3ccccc3-c3ccccc32)c2ccccc2-5)cc1. The quantitative estimate of drug-likeness (QED) is 0.163. The van der Waals surface area contributed by atoms with Gasteiger partial charge in [0.15, 0.2) is 0 Å². The molecule has 1 aromatic heterocycles. The number of para-hydroxylation sites is 2. The van der Waals surface area contributed by atoms with Gasteiger partial charge >= 0.3 is 0 Å². The van der Waals surface area contributed by atoms with Gasteiger partial charge in [-0.2, -0.15) is 0 Å². The summed E-state index contributed by atoms with van der Waals surface area (Å²) in [5.74, 6) is 0. The van der Waals surface area contributed by atoms with Gasteiger partial charge in [-0.3, -0.25) is 0 Å². The minimum absolute atomic E-state index is 0.260. The van der Waals surface area contributed by atoms with E-state index in [1.807, 2.05) is 0 Å². The van der Waals surface area contributed by atoms with Crippen LogP contribution in [0.1, 0.15) is 66.8 Å². The molecule has 6 aliphatic carbocycles. The zero-order valence-electron chi connectivity index (χ0n) is 59.2. The monoisotopic (exact) mass is 1380 g/mol. The molecular formula is C105H62BN3. The first-order valence-corrected chi connectivity index (χ1v) is 38.4. The Morgan fingerprint density at radius 1 is 0.202 bits per heavy atom. The number of anilines is 6. The maximum atomic E-state index is 2.79. The largest absolute Gasteiger partial charge is 0.311 e. The highest BCUT2D eigenvalue weighted by Crippen LogP contribution is 2.69. The predicted molar refractivity (Wildman–Crippen MR) is 449 cm³/mol. The highest BCUT2D eigenvalue weighted by molar-refractivity contribution is 7.00. The summed E-state index contributed by atoms with van der Waals surface area (Å²) in [5.41, 5.74) is 45.9. The van der Waals surface area contributed by atoms with Crippen molar-refractivity contribution in [3.05, 3.63) is 443 Å². The molecule has 500 valence electrons. The molecule has 2 aliphatic heterocycles. The van der Waals surface area contributed by atoms with Crippen molar-refractivity contribution >= 4 is 79.0 Å². The van der Waals surface area contributed by atoms with Gasteiger partial charge in [0.05, 0.1) is 38.7 Å². The minimum atomic E-state index is -0.627. The van der Waals surface area contributed by atoms with Gasteiger partial charge in [-0.15, -0.1) is 0 Å². The van der Waals surface area contributed by atoms with Crippen LogP contribution >= 0.6 is 0 Å². The highest BCUT2D eigenvalue weighted by Gasteiger charge is 2.57. The lowest BCUT2D eigenvalue weighted by Crippen LogP contribution is -2.61. The average molecular weight is 1380 g/mol. The molecule has 109 heavy (non-hydrogen) atoms. The van der Waals surface area contributed by atoms with E-state index in [4.69, 9.17) is 0 Å². The Morgan fingerprint density at radius 3 is 1.10 bits per heavy atom. The Hall–Kier alpha value is -13.8. The fourth-order valence-corrected chi connectivity index (χ4v) is 22.8. The summed E-state index contributed by atoms with van der Waals surface area (Å²) in [5, 5.41) is 2.44. The smallest absolute Gasteiger partial charge is 0.252 e. The van der Waals surface area contributed by atoms with Crippen molar-refractivity contribution in [3.8, 4) is 83.6 Å². The van der Waals surface area contributed by atoms with Crippen molar-refractivity contribution in [2.24, 2.45) is 0 Å². The third-order valence-corrected chi connectivity index (χ3v) is 26.6. The van der Waals surface area contributed by atoms with Gasteiger partial charge in [-0.1, -0.05) is 322 Å². The summed E-state index contributed by atoms with van der Waals surface area (Å²) in [7, 11) is 0. The molecule has 8 aliphatic rings. The van der Waals surface area contributed by atoms with Crippen LogP contribution in [0.2, 0.25) is 0 Å². The van der Waals surface area contributed by atoms with Gasteiger partial charge < -0.3 is 14.4 Å². The molecule has 0 radical (unpaired) electrons. The molecule has 0 amide bonds. The van der Waals surface area contributed by atoms with E-state index in [9.17, 15) is 0 Å². The molecule has 4 heteroatoms. The van der Waals surface area contributed by atoms with Gasteiger partial charge in [-0.25, -0.2) is 0 Å². The van der Waals surface area contributed by atoms with E-state index in [1.54, 1.807) is 0 Å². The van der Waals surface area contributed by atoms with Crippen LogP contribution < -0.4 is 26.2 Å². The Kier molecular flexibility index (Phi) is 11.2. The maximum Gasteiger partial charge on any atom is 0.252 e. The fraction of sp³-hybridized carbons (Fsp3) is 0.0286. The van der Waals surface area contributed by atoms with Crippen LogP contribution in [0.5, 0.6) is 0 Å². The van der Waals surface area contributed by atoms with Crippen LogP contribution in [0.25, 0.3) is 105 Å².